The summed E-state index contributed by atoms with van der Waals surface area (Å²) in [5.74, 6) is 0.682. The summed E-state index contributed by atoms with van der Waals surface area (Å²) in [7, 11) is 0. The van der Waals surface area contributed by atoms with Crippen molar-refractivity contribution >= 4 is 17.6 Å². The summed E-state index contributed by atoms with van der Waals surface area (Å²) in [6, 6.07) is 9.65. The molecule has 1 heterocycles. The second-order valence-electron chi connectivity index (χ2n) is 8.25. The van der Waals surface area contributed by atoms with Crippen LogP contribution >= 0.6 is 0 Å². The number of amides is 2. The number of nitrogens with zero attached hydrogens (tertiary/aromatic N) is 2. The molecular formula is C24H33N3O3. The van der Waals surface area contributed by atoms with Crippen molar-refractivity contribution < 1.29 is 14.1 Å². The van der Waals surface area contributed by atoms with Gasteiger partial charge in [0.1, 0.15) is 12.3 Å². The Kier molecular flexibility index (Phi) is 8.05. The quantitative estimate of drug-likeness (QED) is 0.581. The second-order valence-corrected chi connectivity index (χ2v) is 8.25. The number of aromatic nitrogens is 1. The van der Waals surface area contributed by atoms with E-state index in [1.165, 1.54) is 31.2 Å². The number of rotatable bonds is 9. The third-order valence-corrected chi connectivity index (χ3v) is 5.76. The van der Waals surface area contributed by atoms with Crippen molar-refractivity contribution in [3.05, 3.63) is 47.2 Å². The molecule has 0 bridgehead atoms. The predicted molar refractivity (Wildman–Crippen MR) is 117 cm³/mol. The van der Waals surface area contributed by atoms with E-state index in [4.69, 9.17) is 4.52 Å². The van der Waals surface area contributed by atoms with Crippen LogP contribution < -0.4 is 5.32 Å². The number of hydrogen-bond acceptors (Lipinski definition) is 4. The molecule has 1 fully saturated rings. The topological polar surface area (TPSA) is 75.4 Å². The molecule has 162 valence electrons. The second kappa shape index (κ2) is 11.0. The number of carbonyl (C=O) groups excluding carboxylic acids is 2. The Hall–Kier alpha value is -2.63. The zero-order chi connectivity index (χ0) is 21.3. The smallest absolute Gasteiger partial charge is 0.254 e. The van der Waals surface area contributed by atoms with Gasteiger partial charge in [-0.1, -0.05) is 56.3 Å². The lowest BCUT2D eigenvalue weighted by Gasteiger charge is -2.34. The van der Waals surface area contributed by atoms with Crippen LogP contribution in [0.15, 0.2) is 34.9 Å². The summed E-state index contributed by atoms with van der Waals surface area (Å²) in [4.78, 5) is 27.7. The van der Waals surface area contributed by atoms with Gasteiger partial charge in [0.25, 0.3) is 5.91 Å². The first-order valence-corrected chi connectivity index (χ1v) is 11.2. The molecule has 1 aromatic carbocycles. The third kappa shape index (κ3) is 6.18. The van der Waals surface area contributed by atoms with Crippen molar-refractivity contribution in [2.45, 2.75) is 77.7 Å². The molecule has 6 nitrogen and oxygen atoms in total. The molecule has 1 aromatic heterocycles. The van der Waals surface area contributed by atoms with Crippen molar-refractivity contribution in [3.8, 4) is 0 Å². The average molecular weight is 412 g/mol. The molecule has 2 amide bonds. The first kappa shape index (κ1) is 22.1. The van der Waals surface area contributed by atoms with Crippen LogP contribution in [0.1, 0.15) is 80.0 Å². The number of nitrogens with one attached hydrogen (secondary N) is 1. The molecule has 0 radical (unpaired) electrons. The first-order valence-electron chi connectivity index (χ1n) is 11.2. The third-order valence-electron chi connectivity index (χ3n) is 5.76. The van der Waals surface area contributed by atoms with Crippen LogP contribution in [0, 0.1) is 6.92 Å². The Morgan fingerprint density at radius 3 is 2.50 bits per heavy atom. The highest BCUT2D eigenvalue weighted by Gasteiger charge is 2.28. The maximum atomic E-state index is 13.3. The highest BCUT2D eigenvalue weighted by atomic mass is 16.5. The Balaban J connectivity index is 1.69. The van der Waals surface area contributed by atoms with Crippen molar-refractivity contribution in [2.75, 3.05) is 11.9 Å². The van der Waals surface area contributed by atoms with Gasteiger partial charge in [0.05, 0.1) is 0 Å². The first-order chi connectivity index (χ1) is 14.6. The SMILES string of the molecule is CCCCCc1ccc(C(=O)N(CC(=O)Nc2cc(C)on2)C2CCCCC2)cc1. The van der Waals surface area contributed by atoms with Crippen molar-refractivity contribution in [1.29, 1.82) is 0 Å². The van der Waals surface area contributed by atoms with E-state index in [9.17, 15) is 9.59 Å². The van der Waals surface area contributed by atoms with Crippen LogP contribution in [0.3, 0.4) is 0 Å². The summed E-state index contributed by atoms with van der Waals surface area (Å²) < 4.78 is 5.00. The van der Waals surface area contributed by atoms with Crippen LogP contribution in [0.25, 0.3) is 0 Å². The van der Waals surface area contributed by atoms with Gasteiger partial charge in [-0.2, -0.15) is 0 Å². The van der Waals surface area contributed by atoms with Crippen LogP contribution in [-0.4, -0.2) is 34.5 Å². The molecule has 2 aromatic rings. The number of hydrogen-bond donors (Lipinski definition) is 1. The standard InChI is InChI=1S/C24H33N3O3/c1-3-4-6-9-19-12-14-20(15-13-19)24(29)27(21-10-7-5-8-11-21)17-23(28)25-22-16-18(2)30-26-22/h12-16,21H,3-11,17H2,1-2H3,(H,25,26,28). The molecule has 0 aliphatic heterocycles. The summed E-state index contributed by atoms with van der Waals surface area (Å²) in [5.41, 5.74) is 1.90. The van der Waals surface area contributed by atoms with Gasteiger partial charge in [-0.25, -0.2) is 0 Å². The van der Waals surface area contributed by atoms with Gasteiger partial charge in [-0.15, -0.1) is 0 Å². The molecule has 0 atom stereocenters. The normalized spacial score (nSPS) is 14.5. The van der Waals surface area contributed by atoms with Gasteiger partial charge in [0.2, 0.25) is 5.91 Å². The summed E-state index contributed by atoms with van der Waals surface area (Å²) >= 11 is 0. The van der Waals surface area contributed by atoms with Crippen molar-refractivity contribution in [1.82, 2.24) is 10.1 Å². The Labute approximate surface area is 179 Å². The summed E-state index contributed by atoms with van der Waals surface area (Å²) in [5, 5.41) is 6.55. The van der Waals surface area contributed by atoms with Gasteiger partial charge in [-0.3, -0.25) is 9.59 Å². The van der Waals surface area contributed by atoms with Crippen LogP contribution in [0.2, 0.25) is 0 Å². The number of unbranched alkanes of at least 4 members (excludes halogenated alkanes) is 2. The number of carbonyl (C=O) groups is 2. The summed E-state index contributed by atoms with van der Waals surface area (Å²) in [6.07, 6.45) is 9.88. The van der Waals surface area contributed by atoms with Crippen LogP contribution in [-0.2, 0) is 11.2 Å². The van der Waals surface area contributed by atoms with Gasteiger partial charge in [0, 0.05) is 17.7 Å². The highest BCUT2D eigenvalue weighted by molar-refractivity contribution is 5.99. The van der Waals surface area contributed by atoms with Crippen LogP contribution in [0.4, 0.5) is 5.82 Å². The fourth-order valence-corrected chi connectivity index (χ4v) is 4.08. The lowest BCUT2D eigenvalue weighted by molar-refractivity contribution is -0.117. The van der Waals surface area contributed by atoms with E-state index in [1.807, 2.05) is 24.3 Å². The molecule has 1 N–H and O–H groups in total. The predicted octanol–water partition coefficient (Wildman–Crippen LogP) is 5.13. The number of anilines is 1. The van der Waals surface area contributed by atoms with Gasteiger partial charge in [0.15, 0.2) is 5.82 Å². The zero-order valence-electron chi connectivity index (χ0n) is 18.2. The molecular weight excluding hydrogens is 378 g/mol. The van der Waals surface area contributed by atoms with E-state index >= 15 is 0 Å². The molecule has 1 aliphatic carbocycles. The van der Waals surface area contributed by atoms with E-state index in [0.717, 1.165) is 32.1 Å². The monoisotopic (exact) mass is 411 g/mol. The van der Waals surface area contributed by atoms with E-state index in [0.29, 0.717) is 17.1 Å². The Morgan fingerprint density at radius 2 is 1.87 bits per heavy atom. The maximum absolute atomic E-state index is 13.3. The minimum absolute atomic E-state index is 0.0215. The maximum Gasteiger partial charge on any atom is 0.254 e. The fraction of sp³-hybridized carbons (Fsp3) is 0.542. The zero-order valence-corrected chi connectivity index (χ0v) is 18.2. The minimum atomic E-state index is -0.251. The van der Waals surface area contributed by atoms with Gasteiger partial charge >= 0.3 is 0 Å². The molecule has 6 heteroatoms. The lowest BCUT2D eigenvalue weighted by atomic mass is 9.93. The number of benzene rings is 1. The minimum Gasteiger partial charge on any atom is -0.360 e. The van der Waals surface area contributed by atoms with E-state index in [2.05, 4.69) is 17.4 Å². The Morgan fingerprint density at radius 1 is 1.13 bits per heavy atom. The average Bonchev–Trinajstić information content (AvgIpc) is 3.17. The Bertz CT molecular complexity index is 822. The summed E-state index contributed by atoms with van der Waals surface area (Å²) in [6.45, 7) is 3.99. The lowest BCUT2D eigenvalue weighted by Crippen LogP contribution is -2.45. The largest absolute Gasteiger partial charge is 0.360 e. The van der Waals surface area contributed by atoms with Gasteiger partial charge in [-0.05, 0) is 50.3 Å². The molecule has 3 rings (SSSR count). The molecule has 0 spiro atoms. The molecule has 0 unspecified atom stereocenters. The molecule has 1 aliphatic rings. The van der Waals surface area contributed by atoms with E-state index < -0.39 is 0 Å². The van der Waals surface area contributed by atoms with E-state index in [1.54, 1.807) is 17.9 Å². The highest BCUT2D eigenvalue weighted by Crippen LogP contribution is 2.24. The molecule has 30 heavy (non-hydrogen) atoms. The fourth-order valence-electron chi connectivity index (χ4n) is 4.08. The van der Waals surface area contributed by atoms with Crippen molar-refractivity contribution in [2.24, 2.45) is 0 Å². The molecule has 0 saturated heterocycles. The van der Waals surface area contributed by atoms with Crippen LogP contribution in [0.5, 0.6) is 0 Å². The van der Waals surface area contributed by atoms with Gasteiger partial charge < -0.3 is 14.7 Å². The van der Waals surface area contributed by atoms with Crippen molar-refractivity contribution in [3.63, 3.8) is 0 Å². The van der Waals surface area contributed by atoms with E-state index in [-0.39, 0.29) is 24.4 Å². The molecule has 1 saturated carbocycles. The number of aryl methyl sites for hydroxylation is 2.